The van der Waals surface area contributed by atoms with Crippen molar-refractivity contribution < 1.29 is 14.3 Å². The van der Waals surface area contributed by atoms with Gasteiger partial charge in [0.2, 0.25) is 0 Å². The van der Waals surface area contributed by atoms with Gasteiger partial charge in [0, 0.05) is 31.9 Å². The van der Waals surface area contributed by atoms with Crippen LogP contribution in [0.5, 0.6) is 5.75 Å². The van der Waals surface area contributed by atoms with Crippen molar-refractivity contribution in [2.75, 3.05) is 32.1 Å². The van der Waals surface area contributed by atoms with Crippen LogP contribution in [0.2, 0.25) is 0 Å². The fourth-order valence-electron chi connectivity index (χ4n) is 2.27. The van der Waals surface area contributed by atoms with Gasteiger partial charge in [-0.25, -0.2) is 4.79 Å². The van der Waals surface area contributed by atoms with Crippen LogP contribution in [-0.2, 0) is 4.74 Å². The Bertz CT molecular complexity index is 623. The molecule has 1 aliphatic heterocycles. The number of nitrogens with zero attached hydrogens (tertiary/aromatic N) is 1. The van der Waals surface area contributed by atoms with Crippen LogP contribution >= 0.6 is 15.9 Å². The van der Waals surface area contributed by atoms with Gasteiger partial charge in [-0.15, -0.1) is 0 Å². The van der Waals surface area contributed by atoms with Gasteiger partial charge in [-0.2, -0.15) is 0 Å². The number of rotatable bonds is 4. The third kappa shape index (κ3) is 5.44. The minimum atomic E-state index is -0.463. The second-order valence-electron chi connectivity index (χ2n) is 6.72. The van der Waals surface area contributed by atoms with E-state index in [0.29, 0.717) is 19.7 Å². The first-order valence-electron chi connectivity index (χ1n) is 8.04. The SMILES string of the molecule is CNc1ccc(Br)c(OCC2=CCN(C(=O)OC(C)(C)C)CC2)c1. The third-order valence-electron chi connectivity index (χ3n) is 3.59. The second kappa shape index (κ2) is 7.92. The van der Waals surface area contributed by atoms with E-state index >= 15 is 0 Å². The predicted octanol–water partition coefficient (Wildman–Crippen LogP) is 4.44. The van der Waals surface area contributed by atoms with Crippen molar-refractivity contribution in [1.82, 2.24) is 4.90 Å². The number of carbonyl (C=O) groups excluding carboxylic acids is 1. The highest BCUT2D eigenvalue weighted by atomic mass is 79.9. The number of hydrogen-bond acceptors (Lipinski definition) is 4. The minimum absolute atomic E-state index is 0.261. The van der Waals surface area contributed by atoms with Crippen molar-refractivity contribution in [3.63, 3.8) is 0 Å². The highest BCUT2D eigenvalue weighted by molar-refractivity contribution is 9.10. The molecule has 0 unspecified atom stereocenters. The molecule has 1 aromatic carbocycles. The summed E-state index contributed by atoms with van der Waals surface area (Å²) < 4.78 is 12.2. The smallest absolute Gasteiger partial charge is 0.410 e. The van der Waals surface area contributed by atoms with Crippen LogP contribution in [-0.4, -0.2) is 43.3 Å². The molecule has 0 atom stereocenters. The quantitative estimate of drug-likeness (QED) is 0.764. The molecule has 1 amide bonds. The summed E-state index contributed by atoms with van der Waals surface area (Å²) in [5.41, 5.74) is 1.73. The van der Waals surface area contributed by atoms with Crippen molar-refractivity contribution in [3.8, 4) is 5.75 Å². The van der Waals surface area contributed by atoms with Crippen molar-refractivity contribution in [1.29, 1.82) is 0 Å². The number of hydrogen-bond donors (Lipinski definition) is 1. The van der Waals surface area contributed by atoms with Gasteiger partial charge in [0.05, 0.1) is 4.47 Å². The lowest BCUT2D eigenvalue weighted by Gasteiger charge is -2.29. The van der Waals surface area contributed by atoms with Gasteiger partial charge in [-0.1, -0.05) is 6.08 Å². The van der Waals surface area contributed by atoms with E-state index in [-0.39, 0.29) is 6.09 Å². The van der Waals surface area contributed by atoms with Crippen molar-refractivity contribution in [3.05, 3.63) is 34.3 Å². The van der Waals surface area contributed by atoms with Gasteiger partial charge in [-0.05, 0) is 60.8 Å². The van der Waals surface area contributed by atoms with E-state index in [1.165, 1.54) is 5.57 Å². The maximum Gasteiger partial charge on any atom is 0.410 e. The van der Waals surface area contributed by atoms with Gasteiger partial charge < -0.3 is 19.7 Å². The Balaban J connectivity index is 1.89. The molecule has 0 aromatic heterocycles. The third-order valence-corrected chi connectivity index (χ3v) is 4.24. The maximum absolute atomic E-state index is 12.0. The summed E-state index contributed by atoms with van der Waals surface area (Å²) in [5.74, 6) is 0.803. The average Bonchev–Trinajstić information content (AvgIpc) is 2.53. The van der Waals surface area contributed by atoms with Crippen molar-refractivity contribution in [2.45, 2.75) is 32.8 Å². The van der Waals surface area contributed by atoms with E-state index in [2.05, 4.69) is 21.2 Å². The Hall–Kier alpha value is -1.69. The molecule has 0 saturated heterocycles. The van der Waals surface area contributed by atoms with Crippen LogP contribution in [0.3, 0.4) is 0 Å². The Morgan fingerprint density at radius 1 is 1.38 bits per heavy atom. The molecular weight excluding hydrogens is 372 g/mol. The molecule has 1 aliphatic rings. The number of anilines is 1. The van der Waals surface area contributed by atoms with E-state index < -0.39 is 5.60 Å². The predicted molar refractivity (Wildman–Crippen MR) is 99.7 cm³/mol. The molecule has 2 rings (SSSR count). The zero-order valence-electron chi connectivity index (χ0n) is 14.7. The fraction of sp³-hybridized carbons (Fsp3) is 0.500. The Morgan fingerprint density at radius 2 is 2.12 bits per heavy atom. The summed E-state index contributed by atoms with van der Waals surface area (Å²) >= 11 is 3.50. The fourth-order valence-corrected chi connectivity index (χ4v) is 2.64. The van der Waals surface area contributed by atoms with Crippen LogP contribution in [0.4, 0.5) is 10.5 Å². The summed E-state index contributed by atoms with van der Waals surface area (Å²) in [6.07, 6.45) is 2.58. The lowest BCUT2D eigenvalue weighted by atomic mass is 10.1. The largest absolute Gasteiger partial charge is 0.488 e. The average molecular weight is 397 g/mol. The number of nitrogens with one attached hydrogen (secondary N) is 1. The summed E-state index contributed by atoms with van der Waals surface area (Å²) in [7, 11) is 1.88. The first-order chi connectivity index (χ1) is 11.3. The van der Waals surface area contributed by atoms with Gasteiger partial charge >= 0.3 is 6.09 Å². The molecule has 0 aliphatic carbocycles. The molecule has 0 spiro atoms. The molecular formula is C18H25BrN2O3. The molecule has 5 nitrogen and oxygen atoms in total. The normalized spacial score (nSPS) is 14.9. The van der Waals surface area contributed by atoms with Crippen LogP contribution in [0, 0.1) is 0 Å². The molecule has 0 saturated carbocycles. The van der Waals surface area contributed by atoms with E-state index in [0.717, 1.165) is 22.3 Å². The minimum Gasteiger partial charge on any atom is -0.488 e. The maximum atomic E-state index is 12.0. The monoisotopic (exact) mass is 396 g/mol. The molecule has 0 bridgehead atoms. The Labute approximate surface area is 152 Å². The lowest BCUT2D eigenvalue weighted by Crippen LogP contribution is -2.39. The van der Waals surface area contributed by atoms with E-state index in [1.54, 1.807) is 4.90 Å². The van der Waals surface area contributed by atoms with Crippen molar-refractivity contribution in [2.24, 2.45) is 0 Å². The van der Waals surface area contributed by atoms with Crippen LogP contribution < -0.4 is 10.1 Å². The summed E-state index contributed by atoms with van der Waals surface area (Å²) in [5, 5.41) is 3.10. The number of carbonyl (C=O) groups is 1. The van der Waals surface area contributed by atoms with Crippen LogP contribution in [0.1, 0.15) is 27.2 Å². The Morgan fingerprint density at radius 3 is 2.71 bits per heavy atom. The highest BCUT2D eigenvalue weighted by Gasteiger charge is 2.23. The summed E-state index contributed by atoms with van der Waals surface area (Å²) in [6.45, 7) is 7.37. The molecule has 1 aromatic rings. The van der Waals surface area contributed by atoms with Crippen LogP contribution in [0.25, 0.3) is 0 Å². The second-order valence-corrected chi connectivity index (χ2v) is 7.58. The van der Waals surface area contributed by atoms with E-state index in [1.807, 2.05) is 52.1 Å². The molecule has 24 heavy (non-hydrogen) atoms. The van der Waals surface area contributed by atoms with Gasteiger partial charge in [0.15, 0.2) is 0 Å². The molecule has 1 heterocycles. The van der Waals surface area contributed by atoms with E-state index in [4.69, 9.17) is 9.47 Å². The highest BCUT2D eigenvalue weighted by Crippen LogP contribution is 2.29. The first-order valence-corrected chi connectivity index (χ1v) is 8.84. The Kier molecular flexibility index (Phi) is 6.15. The molecule has 1 N–H and O–H groups in total. The molecule has 132 valence electrons. The zero-order chi connectivity index (χ0) is 17.7. The lowest BCUT2D eigenvalue weighted by molar-refractivity contribution is 0.0264. The van der Waals surface area contributed by atoms with Gasteiger partial charge in [0.1, 0.15) is 18.0 Å². The topological polar surface area (TPSA) is 50.8 Å². The molecule has 0 radical (unpaired) electrons. The molecule has 0 fully saturated rings. The first kappa shape index (κ1) is 18.6. The van der Waals surface area contributed by atoms with Gasteiger partial charge in [-0.3, -0.25) is 0 Å². The summed E-state index contributed by atoms with van der Waals surface area (Å²) in [4.78, 5) is 13.8. The van der Waals surface area contributed by atoms with Crippen molar-refractivity contribution >= 4 is 27.7 Å². The van der Waals surface area contributed by atoms with Gasteiger partial charge in [0.25, 0.3) is 0 Å². The zero-order valence-corrected chi connectivity index (χ0v) is 16.3. The molecule has 6 heteroatoms. The number of benzene rings is 1. The number of amides is 1. The summed E-state index contributed by atoms with van der Waals surface area (Å²) in [6, 6.07) is 5.90. The van der Waals surface area contributed by atoms with Crippen LogP contribution in [0.15, 0.2) is 34.3 Å². The number of halogens is 1. The standard InChI is InChI=1S/C18H25BrN2O3/c1-18(2,3)24-17(22)21-9-7-13(8-10-21)12-23-16-11-14(20-4)5-6-15(16)19/h5-7,11,20H,8-10,12H2,1-4H3. The van der Waals surface area contributed by atoms with E-state index in [9.17, 15) is 4.79 Å². The number of ether oxygens (including phenoxy) is 2.